The Labute approximate surface area is 182 Å². The highest BCUT2D eigenvalue weighted by Crippen LogP contribution is 2.28. The summed E-state index contributed by atoms with van der Waals surface area (Å²) in [4.78, 5) is 1.23. The van der Waals surface area contributed by atoms with E-state index in [1.165, 1.54) is 10.5 Å². The molecule has 5 heteroatoms. The average molecular weight is 429 g/mol. The first kappa shape index (κ1) is 21.6. The summed E-state index contributed by atoms with van der Waals surface area (Å²) < 4.78 is 16.7. The maximum absolute atomic E-state index is 6.13. The Hall–Kier alpha value is -2.14. The van der Waals surface area contributed by atoms with Crippen LogP contribution in [0.3, 0.4) is 0 Å². The smallest absolute Gasteiger partial charge is 0.188 e. The molecule has 152 valence electrons. The second-order valence-corrected chi connectivity index (χ2v) is 8.11. The van der Waals surface area contributed by atoms with Crippen molar-refractivity contribution in [1.29, 1.82) is 0 Å². The van der Waals surface area contributed by atoms with Gasteiger partial charge in [0.25, 0.3) is 0 Å². The van der Waals surface area contributed by atoms with Gasteiger partial charge in [0.1, 0.15) is 18.1 Å². The summed E-state index contributed by atoms with van der Waals surface area (Å²) in [7, 11) is 1.61. The van der Waals surface area contributed by atoms with Gasteiger partial charge in [-0.15, -0.1) is 11.8 Å². The standard InChI is InChI=1S/C24H25ClO3S/c1-26-18-28-22-12-9-20(8-5-15-29-23-13-10-21(25)11-14-23)24(16-22)27-17-19-6-3-2-4-7-19/h2-4,6-7,9-14,16H,5,8,15,17-18H2,1H3. The molecule has 0 saturated heterocycles. The van der Waals surface area contributed by atoms with E-state index >= 15 is 0 Å². The van der Waals surface area contributed by atoms with E-state index in [-0.39, 0.29) is 6.79 Å². The molecular formula is C24H25ClO3S. The Balaban J connectivity index is 1.59. The van der Waals surface area contributed by atoms with Gasteiger partial charge in [-0.05, 0) is 60.1 Å². The first-order valence-electron chi connectivity index (χ1n) is 9.54. The average Bonchev–Trinajstić information content (AvgIpc) is 2.76. The minimum Gasteiger partial charge on any atom is -0.488 e. The van der Waals surface area contributed by atoms with Gasteiger partial charge < -0.3 is 14.2 Å². The van der Waals surface area contributed by atoms with Crippen LogP contribution in [0.4, 0.5) is 0 Å². The topological polar surface area (TPSA) is 27.7 Å². The van der Waals surface area contributed by atoms with Crippen LogP contribution in [-0.2, 0) is 17.8 Å². The lowest BCUT2D eigenvalue weighted by atomic mass is 10.1. The van der Waals surface area contributed by atoms with Crippen LogP contribution in [0.2, 0.25) is 5.02 Å². The summed E-state index contributed by atoms with van der Waals surface area (Å²) in [6, 6.07) is 24.1. The maximum atomic E-state index is 6.13. The van der Waals surface area contributed by atoms with E-state index in [1.54, 1.807) is 7.11 Å². The van der Waals surface area contributed by atoms with Crippen molar-refractivity contribution in [3.05, 3.63) is 88.9 Å². The van der Waals surface area contributed by atoms with E-state index < -0.39 is 0 Å². The van der Waals surface area contributed by atoms with Gasteiger partial charge in [0, 0.05) is 23.1 Å². The van der Waals surface area contributed by atoms with Crippen LogP contribution in [0.5, 0.6) is 11.5 Å². The predicted octanol–water partition coefficient (Wildman–Crippen LogP) is 6.63. The van der Waals surface area contributed by atoms with Gasteiger partial charge in [0.2, 0.25) is 0 Å². The van der Waals surface area contributed by atoms with Crippen molar-refractivity contribution in [2.24, 2.45) is 0 Å². The molecule has 0 amide bonds. The zero-order valence-electron chi connectivity index (χ0n) is 16.5. The molecule has 29 heavy (non-hydrogen) atoms. The number of hydrogen-bond donors (Lipinski definition) is 0. The molecule has 0 bridgehead atoms. The van der Waals surface area contributed by atoms with Crippen molar-refractivity contribution in [1.82, 2.24) is 0 Å². The monoisotopic (exact) mass is 428 g/mol. The molecule has 0 saturated carbocycles. The SMILES string of the molecule is COCOc1ccc(CCCSc2ccc(Cl)cc2)c(OCc2ccccc2)c1. The van der Waals surface area contributed by atoms with Crippen LogP contribution >= 0.6 is 23.4 Å². The van der Waals surface area contributed by atoms with E-state index in [4.69, 9.17) is 25.8 Å². The van der Waals surface area contributed by atoms with Gasteiger partial charge in [-0.3, -0.25) is 0 Å². The molecule has 3 nitrogen and oxygen atoms in total. The Morgan fingerprint density at radius 2 is 1.69 bits per heavy atom. The summed E-state index contributed by atoms with van der Waals surface area (Å²) in [6.45, 7) is 0.746. The molecule has 0 radical (unpaired) electrons. The van der Waals surface area contributed by atoms with Gasteiger partial charge in [-0.25, -0.2) is 0 Å². The summed E-state index contributed by atoms with van der Waals surface area (Å²) in [5.41, 5.74) is 2.32. The van der Waals surface area contributed by atoms with E-state index in [0.717, 1.165) is 40.7 Å². The fraction of sp³-hybridized carbons (Fsp3) is 0.250. The molecule has 0 aliphatic rings. The third kappa shape index (κ3) is 7.32. The lowest BCUT2D eigenvalue weighted by Crippen LogP contribution is -2.02. The number of hydrogen-bond acceptors (Lipinski definition) is 4. The zero-order valence-corrected chi connectivity index (χ0v) is 18.0. The molecule has 0 N–H and O–H groups in total. The van der Waals surface area contributed by atoms with Crippen LogP contribution in [0.1, 0.15) is 17.5 Å². The molecule has 0 atom stereocenters. The molecule has 0 heterocycles. The predicted molar refractivity (Wildman–Crippen MR) is 120 cm³/mol. The number of rotatable bonds is 11. The first-order valence-corrected chi connectivity index (χ1v) is 10.9. The van der Waals surface area contributed by atoms with E-state index in [2.05, 4.69) is 30.3 Å². The third-order valence-electron chi connectivity index (χ3n) is 4.29. The highest BCUT2D eigenvalue weighted by Gasteiger charge is 2.08. The van der Waals surface area contributed by atoms with Gasteiger partial charge in [0.05, 0.1) is 0 Å². The molecule has 3 aromatic carbocycles. The normalized spacial score (nSPS) is 10.7. The third-order valence-corrected chi connectivity index (χ3v) is 5.64. The quantitative estimate of drug-likeness (QED) is 0.195. The second kappa shape index (κ2) is 11.8. The molecule has 0 aliphatic carbocycles. The highest BCUT2D eigenvalue weighted by atomic mass is 35.5. The zero-order chi connectivity index (χ0) is 20.3. The lowest BCUT2D eigenvalue weighted by Gasteiger charge is -2.14. The van der Waals surface area contributed by atoms with E-state index in [1.807, 2.05) is 54.2 Å². The number of benzene rings is 3. The Kier molecular flexibility index (Phi) is 8.75. The van der Waals surface area contributed by atoms with Crippen LogP contribution < -0.4 is 9.47 Å². The molecule has 0 fully saturated rings. The molecule has 3 rings (SSSR count). The van der Waals surface area contributed by atoms with Gasteiger partial charge in [-0.2, -0.15) is 0 Å². The molecular weight excluding hydrogens is 404 g/mol. The highest BCUT2D eigenvalue weighted by molar-refractivity contribution is 7.99. The van der Waals surface area contributed by atoms with Gasteiger partial charge in [0.15, 0.2) is 6.79 Å². The van der Waals surface area contributed by atoms with Crippen molar-refractivity contribution in [2.75, 3.05) is 19.7 Å². The summed E-state index contributed by atoms with van der Waals surface area (Å²) in [6.07, 6.45) is 1.99. The number of aryl methyl sites for hydroxylation is 1. The van der Waals surface area contributed by atoms with Gasteiger partial charge >= 0.3 is 0 Å². The van der Waals surface area contributed by atoms with Crippen molar-refractivity contribution in [3.8, 4) is 11.5 Å². The molecule has 3 aromatic rings. The van der Waals surface area contributed by atoms with Crippen LogP contribution in [0.25, 0.3) is 0 Å². The fourth-order valence-electron chi connectivity index (χ4n) is 2.81. The second-order valence-electron chi connectivity index (χ2n) is 6.50. The summed E-state index contributed by atoms with van der Waals surface area (Å²) in [5, 5.41) is 0.769. The van der Waals surface area contributed by atoms with Crippen molar-refractivity contribution >= 4 is 23.4 Å². The summed E-state index contributed by atoms with van der Waals surface area (Å²) in [5.74, 6) is 2.63. The summed E-state index contributed by atoms with van der Waals surface area (Å²) >= 11 is 7.79. The van der Waals surface area contributed by atoms with Crippen LogP contribution in [0.15, 0.2) is 77.7 Å². The Bertz CT molecular complexity index is 869. The van der Waals surface area contributed by atoms with E-state index in [0.29, 0.717) is 6.61 Å². The Morgan fingerprint density at radius 1 is 0.897 bits per heavy atom. The molecule has 0 aliphatic heterocycles. The number of ether oxygens (including phenoxy) is 3. The minimum atomic E-state index is 0.217. The van der Waals surface area contributed by atoms with Crippen LogP contribution in [-0.4, -0.2) is 19.7 Å². The van der Waals surface area contributed by atoms with Crippen molar-refractivity contribution < 1.29 is 14.2 Å². The number of methoxy groups -OCH3 is 1. The number of halogens is 1. The fourth-order valence-corrected chi connectivity index (χ4v) is 3.79. The molecule has 0 unspecified atom stereocenters. The van der Waals surface area contributed by atoms with E-state index in [9.17, 15) is 0 Å². The lowest BCUT2D eigenvalue weighted by molar-refractivity contribution is 0.0509. The number of thioether (sulfide) groups is 1. The van der Waals surface area contributed by atoms with Crippen molar-refractivity contribution in [3.63, 3.8) is 0 Å². The Morgan fingerprint density at radius 3 is 2.45 bits per heavy atom. The molecule has 0 spiro atoms. The maximum Gasteiger partial charge on any atom is 0.188 e. The van der Waals surface area contributed by atoms with Crippen LogP contribution in [0, 0.1) is 0 Å². The first-order chi connectivity index (χ1) is 14.2. The van der Waals surface area contributed by atoms with Crippen molar-refractivity contribution in [2.45, 2.75) is 24.3 Å². The van der Waals surface area contributed by atoms with Gasteiger partial charge in [-0.1, -0.05) is 48.0 Å². The molecule has 0 aromatic heterocycles. The minimum absolute atomic E-state index is 0.217. The largest absolute Gasteiger partial charge is 0.488 e.